The summed E-state index contributed by atoms with van der Waals surface area (Å²) in [4.78, 5) is 26.2. The van der Waals surface area contributed by atoms with Gasteiger partial charge >= 0.3 is 5.97 Å². The number of carbonyl (C=O) groups excluding carboxylic acids is 1. The molecule has 1 aromatic heterocycles. The molecular weight excluding hydrogens is 444 g/mol. The van der Waals surface area contributed by atoms with Gasteiger partial charge in [-0.3, -0.25) is 0 Å². The zero-order chi connectivity index (χ0) is 22.8. The maximum atomic E-state index is 13.1. The Hall–Kier alpha value is -2.50. The fourth-order valence-electron chi connectivity index (χ4n) is 3.23. The van der Waals surface area contributed by atoms with Gasteiger partial charge in [0.25, 0.3) is 0 Å². The van der Waals surface area contributed by atoms with Crippen LogP contribution in [0, 0.1) is 5.92 Å². The van der Waals surface area contributed by atoms with Crippen LogP contribution in [0.15, 0.2) is 23.1 Å². The fraction of sp³-hybridized carbons (Fsp3) is 0.474. The second kappa shape index (κ2) is 9.33. The van der Waals surface area contributed by atoms with Crippen LogP contribution < -0.4 is 10.6 Å². The van der Waals surface area contributed by atoms with Crippen molar-refractivity contribution in [2.24, 2.45) is 5.92 Å². The van der Waals surface area contributed by atoms with Crippen molar-refractivity contribution in [2.75, 3.05) is 37.8 Å². The fourth-order valence-corrected chi connectivity index (χ4v) is 5.33. The summed E-state index contributed by atoms with van der Waals surface area (Å²) in [5, 5.41) is 0.0515. The molecule has 2 heterocycles. The van der Waals surface area contributed by atoms with Gasteiger partial charge in [0.15, 0.2) is 12.4 Å². The van der Waals surface area contributed by atoms with Crippen LogP contribution in [0.3, 0.4) is 0 Å². The normalized spacial score (nSPS) is 17.4. The molecule has 1 aliphatic heterocycles. The third-order valence-corrected chi connectivity index (χ3v) is 7.17. The predicted molar refractivity (Wildman–Crippen MR) is 116 cm³/mol. The van der Waals surface area contributed by atoms with E-state index >= 15 is 0 Å². The molecule has 0 bridgehead atoms. The Balaban J connectivity index is 1.79. The van der Waals surface area contributed by atoms with E-state index in [0.29, 0.717) is 19.0 Å². The van der Waals surface area contributed by atoms with Gasteiger partial charge in [-0.2, -0.15) is 19.3 Å². The summed E-state index contributed by atoms with van der Waals surface area (Å²) < 4.78 is 32.8. The Morgan fingerprint density at radius 1 is 1.32 bits per heavy atom. The number of nitrogen functional groups attached to an aromatic ring is 1. The Bertz CT molecular complexity index is 1080. The summed E-state index contributed by atoms with van der Waals surface area (Å²) in [6.45, 7) is 2.60. The van der Waals surface area contributed by atoms with Gasteiger partial charge in [0.2, 0.25) is 21.9 Å². The van der Waals surface area contributed by atoms with Gasteiger partial charge in [-0.05, 0) is 37.0 Å². The average molecular weight is 469 g/mol. The third kappa shape index (κ3) is 5.41. The summed E-state index contributed by atoms with van der Waals surface area (Å²) in [6, 6.07) is 4.03. The Morgan fingerprint density at radius 3 is 2.74 bits per heavy atom. The number of hydrogen-bond acceptors (Lipinski definition) is 9. The van der Waals surface area contributed by atoms with E-state index in [4.69, 9.17) is 22.1 Å². The molecule has 168 valence electrons. The van der Waals surface area contributed by atoms with E-state index in [1.165, 1.54) is 22.5 Å². The van der Waals surface area contributed by atoms with Gasteiger partial charge in [-0.15, -0.1) is 0 Å². The van der Waals surface area contributed by atoms with Crippen molar-refractivity contribution in [1.82, 2.24) is 19.3 Å². The number of hydrogen-bond donors (Lipinski definition) is 1. The number of carbonyl (C=O) groups is 1. The highest BCUT2D eigenvalue weighted by molar-refractivity contribution is 7.89. The van der Waals surface area contributed by atoms with E-state index < -0.39 is 16.0 Å². The summed E-state index contributed by atoms with van der Waals surface area (Å²) in [7, 11) is -0.352. The van der Waals surface area contributed by atoms with Crippen LogP contribution in [-0.4, -0.2) is 60.8 Å². The largest absolute Gasteiger partial charge is 0.454 e. The molecule has 0 spiro atoms. The third-order valence-electron chi connectivity index (χ3n) is 4.82. The zero-order valence-electron chi connectivity index (χ0n) is 17.6. The van der Waals surface area contributed by atoms with Crippen molar-refractivity contribution in [3.8, 4) is 0 Å². The first-order valence-corrected chi connectivity index (χ1v) is 11.5. The van der Waals surface area contributed by atoms with Crippen molar-refractivity contribution in [1.29, 1.82) is 0 Å². The number of anilines is 2. The van der Waals surface area contributed by atoms with Gasteiger partial charge in [-0.1, -0.05) is 18.5 Å². The molecule has 31 heavy (non-hydrogen) atoms. The molecule has 2 N–H and O–H groups in total. The molecule has 1 saturated heterocycles. The number of piperidine rings is 1. The van der Waals surface area contributed by atoms with Crippen LogP contribution in [0.25, 0.3) is 0 Å². The van der Waals surface area contributed by atoms with Crippen LogP contribution in [0.2, 0.25) is 5.02 Å². The molecule has 12 heteroatoms. The molecule has 10 nitrogen and oxygen atoms in total. The van der Waals surface area contributed by atoms with E-state index in [0.717, 1.165) is 12.8 Å². The Kier molecular flexibility index (Phi) is 6.97. The second-order valence-electron chi connectivity index (χ2n) is 7.64. The number of aromatic nitrogens is 3. The summed E-state index contributed by atoms with van der Waals surface area (Å²) >= 11 is 6.18. The highest BCUT2D eigenvalue weighted by Gasteiger charge is 2.31. The highest BCUT2D eigenvalue weighted by atomic mass is 35.5. The van der Waals surface area contributed by atoms with Crippen LogP contribution in [-0.2, 0) is 21.4 Å². The number of halogens is 1. The van der Waals surface area contributed by atoms with Gasteiger partial charge in [0, 0.05) is 27.2 Å². The molecule has 1 fully saturated rings. The number of nitrogens with zero attached hydrogens (tertiary/aromatic N) is 5. The van der Waals surface area contributed by atoms with Crippen LogP contribution in [0.4, 0.5) is 11.9 Å². The maximum Gasteiger partial charge on any atom is 0.338 e. The standard InChI is InChI=1S/C19H25ClN6O4S/c1-12-5-4-8-26(10-12)31(28,29)15-9-13(6-7-14(15)20)17(27)30-11-16-22-18(21)24-19(23-16)25(2)3/h6-7,9,12H,4-5,8,10-11H2,1-3H3,(H2,21,22,23,24). The first-order valence-electron chi connectivity index (χ1n) is 9.72. The molecule has 3 rings (SSSR count). The molecule has 0 radical (unpaired) electrons. The molecule has 0 saturated carbocycles. The minimum Gasteiger partial charge on any atom is -0.454 e. The molecule has 0 amide bonds. The minimum atomic E-state index is -3.83. The summed E-state index contributed by atoms with van der Waals surface area (Å²) in [5.41, 5.74) is 5.72. The molecule has 1 aliphatic rings. The number of nitrogens with two attached hydrogens (primary N) is 1. The lowest BCUT2D eigenvalue weighted by Crippen LogP contribution is -2.39. The first kappa shape index (κ1) is 23.2. The van der Waals surface area contributed by atoms with Crippen molar-refractivity contribution < 1.29 is 17.9 Å². The molecular formula is C19H25ClN6O4S. The molecule has 1 unspecified atom stereocenters. The van der Waals surface area contributed by atoms with Crippen LogP contribution >= 0.6 is 11.6 Å². The van der Waals surface area contributed by atoms with E-state index in [-0.39, 0.29) is 39.8 Å². The quantitative estimate of drug-likeness (QED) is 0.631. The summed E-state index contributed by atoms with van der Waals surface area (Å²) in [5.74, 6) is 0.0315. The van der Waals surface area contributed by atoms with Crippen molar-refractivity contribution >= 4 is 39.5 Å². The van der Waals surface area contributed by atoms with E-state index in [9.17, 15) is 13.2 Å². The van der Waals surface area contributed by atoms with Gasteiger partial charge in [0.05, 0.1) is 10.6 Å². The number of rotatable bonds is 6. The van der Waals surface area contributed by atoms with E-state index in [2.05, 4.69) is 15.0 Å². The van der Waals surface area contributed by atoms with E-state index in [1.807, 2.05) is 6.92 Å². The number of esters is 1. The van der Waals surface area contributed by atoms with E-state index in [1.54, 1.807) is 19.0 Å². The molecule has 1 atom stereocenters. The average Bonchev–Trinajstić information content (AvgIpc) is 2.71. The molecule has 1 aromatic carbocycles. The topological polar surface area (TPSA) is 132 Å². The Morgan fingerprint density at radius 2 is 2.06 bits per heavy atom. The van der Waals surface area contributed by atoms with Gasteiger partial charge < -0.3 is 15.4 Å². The van der Waals surface area contributed by atoms with Crippen molar-refractivity contribution in [3.05, 3.63) is 34.6 Å². The van der Waals surface area contributed by atoms with Crippen LogP contribution in [0.5, 0.6) is 0 Å². The first-order chi connectivity index (χ1) is 14.6. The summed E-state index contributed by atoms with van der Waals surface area (Å²) in [6.07, 6.45) is 1.76. The second-order valence-corrected chi connectivity index (χ2v) is 9.95. The van der Waals surface area contributed by atoms with Gasteiger partial charge in [-0.25, -0.2) is 13.2 Å². The molecule has 0 aliphatic carbocycles. The van der Waals surface area contributed by atoms with Crippen molar-refractivity contribution in [3.63, 3.8) is 0 Å². The van der Waals surface area contributed by atoms with Crippen LogP contribution in [0.1, 0.15) is 35.9 Å². The lowest BCUT2D eigenvalue weighted by atomic mass is 10.0. The minimum absolute atomic E-state index is 0.000353. The number of ether oxygens (including phenoxy) is 1. The lowest BCUT2D eigenvalue weighted by molar-refractivity contribution is 0.0462. The predicted octanol–water partition coefficient (Wildman–Crippen LogP) is 1.95. The lowest BCUT2D eigenvalue weighted by Gasteiger charge is -2.30. The van der Waals surface area contributed by atoms with Gasteiger partial charge in [0.1, 0.15) is 4.90 Å². The SMILES string of the molecule is CC1CCCN(S(=O)(=O)c2cc(C(=O)OCc3nc(N)nc(N(C)C)n3)ccc2Cl)C1. The highest BCUT2D eigenvalue weighted by Crippen LogP contribution is 2.29. The smallest absolute Gasteiger partial charge is 0.338 e. The molecule has 2 aromatic rings. The Labute approximate surface area is 186 Å². The number of sulfonamides is 1. The van der Waals surface area contributed by atoms with Crippen molar-refractivity contribution in [2.45, 2.75) is 31.3 Å². The monoisotopic (exact) mass is 468 g/mol. The number of benzene rings is 1. The zero-order valence-corrected chi connectivity index (χ0v) is 19.1. The maximum absolute atomic E-state index is 13.1.